The van der Waals surface area contributed by atoms with Gasteiger partial charge in [-0.3, -0.25) is 9.59 Å². The minimum Gasteiger partial charge on any atom is -0.481 e. The molecule has 0 aliphatic heterocycles. The highest BCUT2D eigenvalue weighted by molar-refractivity contribution is 7.13. The van der Waals surface area contributed by atoms with E-state index in [0.29, 0.717) is 23.0 Å². The topological polar surface area (TPSA) is 89.4 Å². The lowest BCUT2D eigenvalue weighted by molar-refractivity contribution is -0.143. The van der Waals surface area contributed by atoms with Crippen LogP contribution in [0.2, 0.25) is 0 Å². The Balaban J connectivity index is 0.000000201. The fraction of sp³-hybridized carbons (Fsp3) is 0.231. The summed E-state index contributed by atoms with van der Waals surface area (Å²) >= 11 is 2.78. The maximum absolute atomic E-state index is 12.8. The summed E-state index contributed by atoms with van der Waals surface area (Å²) in [5.41, 5.74) is 1.80. The summed E-state index contributed by atoms with van der Waals surface area (Å²) in [5, 5.41) is 14.1. The average Bonchev–Trinajstić information content (AvgIpc) is 3.51. The lowest BCUT2D eigenvalue weighted by Gasteiger charge is -2.15. The van der Waals surface area contributed by atoms with E-state index in [1.165, 1.54) is 46.9 Å². The van der Waals surface area contributed by atoms with Gasteiger partial charge in [-0.2, -0.15) is 0 Å². The number of aromatic nitrogens is 2. The number of halogens is 2. The Morgan fingerprint density at radius 2 is 1.39 bits per heavy atom. The number of benzene rings is 2. The fourth-order valence-electron chi connectivity index (χ4n) is 2.87. The minimum absolute atomic E-state index is 0.172. The molecule has 0 aliphatic rings. The van der Waals surface area contributed by atoms with Crippen LogP contribution in [0.1, 0.15) is 32.2 Å². The standard InChI is InChI=1S/2C13H12FNO2S/c1-13(2,12(16)17)10-7-18-11(15-10)8-3-5-9(14)6-4-8;1-2-17-12(16)7-11-8-18-13(15-11)9-3-5-10(14)6-4-9/h3-7H,1-2H3,(H,16,17);3-6,8H,2,7H2,1H3. The second-order valence-electron chi connectivity index (χ2n) is 8.11. The highest BCUT2D eigenvalue weighted by atomic mass is 32.1. The van der Waals surface area contributed by atoms with Gasteiger partial charge in [0.15, 0.2) is 0 Å². The number of hydrogen-bond acceptors (Lipinski definition) is 7. The van der Waals surface area contributed by atoms with E-state index in [-0.39, 0.29) is 24.0 Å². The molecular formula is C26H24F2N2O4S2. The zero-order chi connectivity index (χ0) is 26.3. The Kier molecular flexibility index (Phi) is 9.00. The zero-order valence-corrected chi connectivity index (χ0v) is 21.5. The largest absolute Gasteiger partial charge is 0.481 e. The van der Waals surface area contributed by atoms with Gasteiger partial charge in [0, 0.05) is 21.9 Å². The van der Waals surface area contributed by atoms with Crippen LogP contribution in [-0.2, 0) is 26.2 Å². The molecule has 1 N–H and O–H groups in total. The molecule has 0 saturated carbocycles. The molecule has 0 radical (unpaired) electrons. The van der Waals surface area contributed by atoms with Gasteiger partial charge < -0.3 is 9.84 Å². The summed E-state index contributed by atoms with van der Waals surface area (Å²) in [6.45, 7) is 5.36. The monoisotopic (exact) mass is 530 g/mol. The first kappa shape index (κ1) is 27.1. The zero-order valence-electron chi connectivity index (χ0n) is 19.8. The SMILES string of the molecule is CC(C)(C(=O)O)c1csc(-c2ccc(F)cc2)n1.CCOC(=O)Cc1csc(-c2ccc(F)cc2)n1. The third-order valence-corrected chi connectivity index (χ3v) is 6.88. The average molecular weight is 531 g/mol. The van der Waals surface area contributed by atoms with Gasteiger partial charge in [-0.05, 0) is 69.3 Å². The summed E-state index contributed by atoms with van der Waals surface area (Å²) in [6.07, 6.45) is 0.172. The molecule has 188 valence electrons. The number of rotatable bonds is 7. The van der Waals surface area contributed by atoms with E-state index in [1.807, 2.05) is 5.38 Å². The lowest BCUT2D eigenvalue weighted by Crippen LogP contribution is -2.28. The van der Waals surface area contributed by atoms with Crippen molar-refractivity contribution in [2.75, 3.05) is 6.61 Å². The van der Waals surface area contributed by atoms with E-state index in [9.17, 15) is 18.4 Å². The number of ether oxygens (including phenoxy) is 1. The summed E-state index contributed by atoms with van der Waals surface area (Å²) in [4.78, 5) is 31.1. The van der Waals surface area contributed by atoms with Crippen LogP contribution in [0.5, 0.6) is 0 Å². The lowest BCUT2D eigenvalue weighted by atomic mass is 9.90. The molecule has 2 aromatic heterocycles. The minimum atomic E-state index is -1.02. The number of nitrogens with zero attached hydrogens (tertiary/aromatic N) is 2. The molecule has 10 heteroatoms. The first-order valence-corrected chi connectivity index (χ1v) is 12.7. The first-order valence-electron chi connectivity index (χ1n) is 10.9. The van der Waals surface area contributed by atoms with Crippen LogP contribution in [-0.4, -0.2) is 33.6 Å². The molecule has 0 spiro atoms. The Labute approximate surface area is 215 Å². The van der Waals surface area contributed by atoms with Crippen LogP contribution < -0.4 is 0 Å². The molecule has 4 aromatic rings. The number of carbonyl (C=O) groups excluding carboxylic acids is 1. The highest BCUT2D eigenvalue weighted by Gasteiger charge is 2.32. The van der Waals surface area contributed by atoms with Crippen molar-refractivity contribution >= 4 is 34.6 Å². The van der Waals surface area contributed by atoms with Gasteiger partial charge in [-0.25, -0.2) is 18.7 Å². The van der Waals surface area contributed by atoms with Crippen LogP contribution in [0.3, 0.4) is 0 Å². The molecule has 0 atom stereocenters. The van der Waals surface area contributed by atoms with E-state index < -0.39 is 11.4 Å². The third-order valence-electron chi connectivity index (χ3n) is 5.04. The summed E-state index contributed by atoms with van der Waals surface area (Å²) < 4.78 is 30.4. The normalized spacial score (nSPS) is 10.9. The van der Waals surface area contributed by atoms with Crippen LogP contribution in [0.15, 0.2) is 59.3 Å². The Bertz CT molecular complexity index is 1320. The van der Waals surface area contributed by atoms with Crippen molar-refractivity contribution in [1.82, 2.24) is 9.97 Å². The molecule has 2 aromatic carbocycles. The second kappa shape index (κ2) is 12.0. The van der Waals surface area contributed by atoms with Crippen molar-refractivity contribution in [3.05, 3.63) is 82.3 Å². The number of aliphatic carboxylic acids is 1. The van der Waals surface area contributed by atoms with Gasteiger partial charge in [0.25, 0.3) is 0 Å². The molecule has 0 bridgehead atoms. The molecule has 0 fully saturated rings. The van der Waals surface area contributed by atoms with Gasteiger partial charge in [-0.1, -0.05) is 0 Å². The van der Waals surface area contributed by atoms with E-state index in [4.69, 9.17) is 9.84 Å². The number of thiazole rings is 2. The Morgan fingerprint density at radius 3 is 1.89 bits per heavy atom. The smallest absolute Gasteiger partial charge is 0.315 e. The van der Waals surface area contributed by atoms with Crippen molar-refractivity contribution in [2.24, 2.45) is 0 Å². The van der Waals surface area contributed by atoms with Crippen molar-refractivity contribution < 1.29 is 28.2 Å². The van der Waals surface area contributed by atoms with Gasteiger partial charge >= 0.3 is 11.9 Å². The molecule has 4 rings (SSSR count). The van der Waals surface area contributed by atoms with Gasteiger partial charge in [-0.15, -0.1) is 22.7 Å². The molecular weight excluding hydrogens is 506 g/mol. The predicted molar refractivity (Wildman–Crippen MR) is 136 cm³/mol. The molecule has 0 amide bonds. The number of esters is 1. The number of carbonyl (C=O) groups is 2. The van der Waals surface area contributed by atoms with E-state index in [1.54, 1.807) is 50.4 Å². The number of carboxylic acids is 1. The van der Waals surface area contributed by atoms with E-state index in [0.717, 1.165) is 16.1 Å². The molecule has 2 heterocycles. The van der Waals surface area contributed by atoms with Crippen LogP contribution in [0, 0.1) is 11.6 Å². The van der Waals surface area contributed by atoms with Crippen molar-refractivity contribution in [1.29, 1.82) is 0 Å². The Morgan fingerprint density at radius 1 is 0.889 bits per heavy atom. The Hall–Kier alpha value is -3.50. The maximum Gasteiger partial charge on any atom is 0.315 e. The summed E-state index contributed by atoms with van der Waals surface area (Å²) in [7, 11) is 0. The van der Waals surface area contributed by atoms with Gasteiger partial charge in [0.2, 0.25) is 0 Å². The first-order chi connectivity index (χ1) is 17.1. The van der Waals surface area contributed by atoms with Crippen LogP contribution in [0.4, 0.5) is 8.78 Å². The molecule has 0 unspecified atom stereocenters. The van der Waals surface area contributed by atoms with Crippen molar-refractivity contribution in [3.63, 3.8) is 0 Å². The maximum atomic E-state index is 12.8. The van der Waals surface area contributed by atoms with Crippen molar-refractivity contribution in [2.45, 2.75) is 32.6 Å². The van der Waals surface area contributed by atoms with E-state index >= 15 is 0 Å². The quantitative estimate of drug-likeness (QED) is 0.280. The molecule has 0 saturated heterocycles. The van der Waals surface area contributed by atoms with Crippen LogP contribution in [0.25, 0.3) is 21.1 Å². The molecule has 36 heavy (non-hydrogen) atoms. The fourth-order valence-corrected chi connectivity index (χ4v) is 4.69. The molecule has 0 aliphatic carbocycles. The van der Waals surface area contributed by atoms with Crippen molar-refractivity contribution in [3.8, 4) is 21.1 Å². The van der Waals surface area contributed by atoms with E-state index in [2.05, 4.69) is 9.97 Å². The third kappa shape index (κ3) is 7.02. The summed E-state index contributed by atoms with van der Waals surface area (Å²) in [6, 6.07) is 12.1. The predicted octanol–water partition coefficient (Wildman–Crippen LogP) is 6.37. The number of carboxylic acid groups (broad SMARTS) is 1. The van der Waals surface area contributed by atoms with Crippen LogP contribution >= 0.6 is 22.7 Å². The van der Waals surface area contributed by atoms with Gasteiger partial charge in [0.1, 0.15) is 27.1 Å². The highest BCUT2D eigenvalue weighted by Crippen LogP contribution is 2.30. The molecule has 6 nitrogen and oxygen atoms in total. The number of hydrogen-bond donors (Lipinski definition) is 1. The second-order valence-corrected chi connectivity index (χ2v) is 9.82. The van der Waals surface area contributed by atoms with Gasteiger partial charge in [0.05, 0.1) is 24.4 Å². The summed E-state index contributed by atoms with van der Waals surface area (Å²) in [5.74, 6) is -1.78.